The molecule has 0 unspecified atom stereocenters. The number of rotatable bonds is 5. The Morgan fingerprint density at radius 2 is 1.85 bits per heavy atom. The second kappa shape index (κ2) is 7.77. The van der Waals surface area contributed by atoms with E-state index in [0.29, 0.717) is 5.69 Å². The number of para-hydroxylation sites is 1. The van der Waals surface area contributed by atoms with E-state index in [9.17, 15) is 19.7 Å². The molecule has 0 spiro atoms. The van der Waals surface area contributed by atoms with Crippen LogP contribution in [0.15, 0.2) is 47.5 Å². The van der Waals surface area contributed by atoms with E-state index in [-0.39, 0.29) is 11.1 Å². The van der Waals surface area contributed by atoms with Gasteiger partial charge >= 0.3 is 11.9 Å². The highest BCUT2D eigenvalue weighted by Crippen LogP contribution is 2.24. The smallest absolute Gasteiger partial charge is 0.342 e. The van der Waals surface area contributed by atoms with Crippen molar-refractivity contribution in [3.8, 4) is 0 Å². The summed E-state index contributed by atoms with van der Waals surface area (Å²) in [7, 11) is 0. The van der Waals surface area contributed by atoms with Crippen molar-refractivity contribution in [2.45, 2.75) is 26.4 Å². The van der Waals surface area contributed by atoms with Crippen molar-refractivity contribution >= 4 is 29.5 Å². The number of carboxylic acids is 1. The predicted molar refractivity (Wildman–Crippen MR) is 98.9 cm³/mol. The van der Waals surface area contributed by atoms with Gasteiger partial charge in [-0.1, -0.05) is 12.1 Å². The predicted octanol–water partition coefficient (Wildman–Crippen LogP) is 4.00. The van der Waals surface area contributed by atoms with E-state index >= 15 is 0 Å². The Bertz CT molecular complexity index is 928. The van der Waals surface area contributed by atoms with Crippen molar-refractivity contribution in [3.63, 3.8) is 0 Å². The maximum Gasteiger partial charge on any atom is 0.342 e. The molecular weight excluding hydrogens is 352 g/mol. The number of nitro groups is 1. The number of nitrogens with zero attached hydrogens (tertiary/aromatic N) is 2. The highest BCUT2D eigenvalue weighted by atomic mass is 16.6. The molecule has 0 amide bonds. The van der Waals surface area contributed by atoms with Crippen molar-refractivity contribution in [1.29, 1.82) is 0 Å². The summed E-state index contributed by atoms with van der Waals surface area (Å²) in [6.45, 7) is 5.25. The summed E-state index contributed by atoms with van der Waals surface area (Å²) in [6, 6.07) is 10.2. The Labute approximate surface area is 155 Å². The Balaban J connectivity index is 2.36. The van der Waals surface area contributed by atoms with Gasteiger partial charge in [-0.05, 0) is 51.1 Å². The first-order chi connectivity index (χ1) is 12.6. The molecule has 140 valence electrons. The Morgan fingerprint density at radius 1 is 1.19 bits per heavy atom. The minimum Gasteiger partial charge on any atom is -0.477 e. The molecular formula is C19H18N2O6. The monoisotopic (exact) mass is 370 g/mol. The Kier molecular flexibility index (Phi) is 5.69. The number of carboxylic acid groups (broad SMARTS) is 1. The molecule has 0 aliphatic rings. The van der Waals surface area contributed by atoms with Crippen LogP contribution in [0, 0.1) is 10.1 Å². The molecule has 0 heterocycles. The first kappa shape index (κ1) is 19.8. The van der Waals surface area contributed by atoms with E-state index in [2.05, 4.69) is 4.99 Å². The van der Waals surface area contributed by atoms with E-state index in [4.69, 9.17) is 9.84 Å². The van der Waals surface area contributed by atoms with Gasteiger partial charge in [0.1, 0.15) is 11.2 Å². The number of aromatic carboxylic acids is 1. The third-order valence-electron chi connectivity index (χ3n) is 3.31. The fourth-order valence-electron chi connectivity index (χ4n) is 2.24. The van der Waals surface area contributed by atoms with Gasteiger partial charge in [-0.25, -0.2) is 9.59 Å². The second-order valence-corrected chi connectivity index (χ2v) is 6.62. The van der Waals surface area contributed by atoms with Crippen molar-refractivity contribution in [2.24, 2.45) is 4.99 Å². The molecule has 0 saturated heterocycles. The maximum absolute atomic E-state index is 12.1. The highest BCUT2D eigenvalue weighted by molar-refractivity contribution is 5.98. The van der Waals surface area contributed by atoms with Gasteiger partial charge in [-0.15, -0.1) is 0 Å². The third-order valence-corrected chi connectivity index (χ3v) is 3.31. The van der Waals surface area contributed by atoms with Crippen LogP contribution in [-0.2, 0) is 4.74 Å². The van der Waals surface area contributed by atoms with E-state index in [1.165, 1.54) is 24.4 Å². The summed E-state index contributed by atoms with van der Waals surface area (Å²) in [5, 5.41) is 20.4. The van der Waals surface area contributed by atoms with E-state index < -0.39 is 33.7 Å². The van der Waals surface area contributed by atoms with Crippen LogP contribution in [-0.4, -0.2) is 33.8 Å². The van der Waals surface area contributed by atoms with Gasteiger partial charge in [0.25, 0.3) is 5.69 Å². The molecule has 8 heteroatoms. The standard InChI is InChI=1S/C19H18N2O6/c1-19(2,3)27-18(24)12-6-4-8-14(10-12)20-11-13-7-5-9-15(17(22)23)16(13)21(25)26/h4-11H,1-3H3,(H,22,23). The molecule has 27 heavy (non-hydrogen) atoms. The summed E-state index contributed by atoms with van der Waals surface area (Å²) in [5.74, 6) is -1.91. The lowest BCUT2D eigenvalue weighted by atomic mass is 10.1. The largest absolute Gasteiger partial charge is 0.477 e. The zero-order valence-electron chi connectivity index (χ0n) is 15.0. The van der Waals surface area contributed by atoms with Crippen LogP contribution < -0.4 is 0 Å². The molecule has 0 aliphatic heterocycles. The van der Waals surface area contributed by atoms with Gasteiger partial charge in [0.2, 0.25) is 0 Å². The average Bonchev–Trinajstić information content (AvgIpc) is 2.58. The molecule has 8 nitrogen and oxygen atoms in total. The second-order valence-electron chi connectivity index (χ2n) is 6.62. The van der Waals surface area contributed by atoms with Gasteiger partial charge in [-0.3, -0.25) is 15.1 Å². The number of hydrogen-bond acceptors (Lipinski definition) is 6. The van der Waals surface area contributed by atoms with Crippen molar-refractivity contribution in [3.05, 3.63) is 69.3 Å². The highest BCUT2D eigenvalue weighted by Gasteiger charge is 2.23. The first-order valence-corrected chi connectivity index (χ1v) is 7.96. The number of aliphatic imine (C=N–C) groups is 1. The lowest BCUT2D eigenvalue weighted by Gasteiger charge is -2.19. The quantitative estimate of drug-likeness (QED) is 0.368. The average molecular weight is 370 g/mol. The van der Waals surface area contributed by atoms with Gasteiger partial charge in [0.05, 0.1) is 21.7 Å². The fourth-order valence-corrected chi connectivity index (χ4v) is 2.24. The van der Waals surface area contributed by atoms with Gasteiger partial charge in [0.15, 0.2) is 0 Å². The van der Waals surface area contributed by atoms with Crippen molar-refractivity contribution < 1.29 is 24.4 Å². The molecule has 0 radical (unpaired) electrons. The van der Waals surface area contributed by atoms with Crippen LogP contribution in [0.1, 0.15) is 47.1 Å². The van der Waals surface area contributed by atoms with Crippen LogP contribution in [0.3, 0.4) is 0 Å². The van der Waals surface area contributed by atoms with E-state index in [1.807, 2.05) is 0 Å². The Morgan fingerprint density at radius 3 is 2.44 bits per heavy atom. The first-order valence-electron chi connectivity index (χ1n) is 7.96. The lowest BCUT2D eigenvalue weighted by molar-refractivity contribution is -0.385. The summed E-state index contributed by atoms with van der Waals surface area (Å²) in [4.78, 5) is 37.9. The summed E-state index contributed by atoms with van der Waals surface area (Å²) < 4.78 is 5.29. The molecule has 0 aromatic heterocycles. The molecule has 2 rings (SSSR count). The zero-order chi connectivity index (χ0) is 20.2. The maximum atomic E-state index is 12.1. The number of ether oxygens (including phenoxy) is 1. The van der Waals surface area contributed by atoms with Crippen molar-refractivity contribution in [1.82, 2.24) is 0 Å². The fraction of sp³-hybridized carbons (Fsp3) is 0.211. The molecule has 2 aromatic rings. The molecule has 1 N–H and O–H groups in total. The van der Waals surface area contributed by atoms with Gasteiger partial charge in [-0.2, -0.15) is 0 Å². The van der Waals surface area contributed by atoms with Crippen LogP contribution in [0.4, 0.5) is 11.4 Å². The lowest BCUT2D eigenvalue weighted by Crippen LogP contribution is -2.23. The molecule has 0 fully saturated rings. The summed E-state index contributed by atoms with van der Waals surface area (Å²) in [6.07, 6.45) is 1.19. The summed E-state index contributed by atoms with van der Waals surface area (Å²) >= 11 is 0. The minimum atomic E-state index is -1.40. The SMILES string of the molecule is CC(C)(C)OC(=O)c1cccc(N=Cc2cccc(C(=O)O)c2[N+](=O)[O-])c1. The molecule has 0 saturated carbocycles. The van der Waals surface area contributed by atoms with E-state index in [0.717, 1.165) is 6.07 Å². The van der Waals surface area contributed by atoms with Crippen molar-refractivity contribution in [2.75, 3.05) is 0 Å². The van der Waals surface area contributed by atoms with E-state index in [1.54, 1.807) is 39.0 Å². The van der Waals surface area contributed by atoms with Gasteiger partial charge in [0, 0.05) is 6.21 Å². The summed E-state index contributed by atoms with van der Waals surface area (Å²) in [5.41, 5.74) is -0.915. The number of nitro benzene ring substituents is 1. The number of carbonyl (C=O) groups is 2. The van der Waals surface area contributed by atoms with Crippen LogP contribution >= 0.6 is 0 Å². The Hall–Kier alpha value is -3.55. The number of benzene rings is 2. The number of esters is 1. The number of carbonyl (C=O) groups excluding carboxylic acids is 1. The third kappa shape index (κ3) is 5.21. The topological polar surface area (TPSA) is 119 Å². The molecule has 0 bridgehead atoms. The zero-order valence-corrected chi connectivity index (χ0v) is 15.0. The van der Waals surface area contributed by atoms with Crippen LogP contribution in [0.5, 0.6) is 0 Å². The molecule has 0 atom stereocenters. The number of hydrogen-bond donors (Lipinski definition) is 1. The minimum absolute atomic E-state index is 0.0440. The van der Waals surface area contributed by atoms with Crippen LogP contribution in [0.2, 0.25) is 0 Å². The molecule has 2 aromatic carbocycles. The normalized spacial score (nSPS) is 11.4. The van der Waals surface area contributed by atoms with Gasteiger partial charge < -0.3 is 9.84 Å². The molecule has 0 aliphatic carbocycles. The van der Waals surface area contributed by atoms with Crippen LogP contribution in [0.25, 0.3) is 0 Å².